The van der Waals surface area contributed by atoms with Gasteiger partial charge in [0.15, 0.2) is 5.11 Å². The molecule has 0 fully saturated rings. The van der Waals surface area contributed by atoms with Crippen LogP contribution in [0.3, 0.4) is 0 Å². The van der Waals surface area contributed by atoms with Gasteiger partial charge in [0.05, 0.1) is 10.6 Å². The highest BCUT2D eigenvalue weighted by Gasteiger charge is 2.11. The first kappa shape index (κ1) is 16.5. The molecule has 2 aromatic rings. The van der Waals surface area contributed by atoms with Gasteiger partial charge in [-0.1, -0.05) is 41.4 Å². The fraction of sp³-hybridized carbons (Fsp3) is 0.0667. The van der Waals surface area contributed by atoms with E-state index in [1.165, 1.54) is 6.07 Å². The zero-order valence-electron chi connectivity index (χ0n) is 11.6. The maximum Gasteiger partial charge on any atom is 0.271 e. The van der Waals surface area contributed by atoms with Crippen molar-refractivity contribution < 1.29 is 4.79 Å². The Morgan fingerprint density at radius 1 is 1.09 bits per heavy atom. The second-order valence-electron chi connectivity index (χ2n) is 4.47. The van der Waals surface area contributed by atoms with Gasteiger partial charge >= 0.3 is 0 Å². The summed E-state index contributed by atoms with van der Waals surface area (Å²) in [6, 6.07) is 12.3. The Kier molecular flexibility index (Phi) is 5.60. The summed E-state index contributed by atoms with van der Waals surface area (Å²) in [5, 5.41) is 3.99. The molecule has 0 aromatic heterocycles. The van der Waals surface area contributed by atoms with Crippen molar-refractivity contribution in [3.05, 3.63) is 63.6 Å². The summed E-state index contributed by atoms with van der Waals surface area (Å²) in [6.45, 7) is 1.95. The second-order valence-corrected chi connectivity index (χ2v) is 5.72. The molecule has 0 aliphatic heterocycles. The van der Waals surface area contributed by atoms with Crippen LogP contribution in [0.4, 0.5) is 5.69 Å². The van der Waals surface area contributed by atoms with Crippen LogP contribution < -0.4 is 16.2 Å². The number of hydrazine groups is 1. The number of anilines is 1. The van der Waals surface area contributed by atoms with E-state index in [4.69, 9.17) is 35.4 Å². The van der Waals surface area contributed by atoms with Gasteiger partial charge in [-0.25, -0.2) is 0 Å². The van der Waals surface area contributed by atoms with Crippen molar-refractivity contribution in [3.8, 4) is 0 Å². The number of nitrogens with one attached hydrogen (secondary N) is 3. The normalized spacial score (nSPS) is 9.95. The predicted molar refractivity (Wildman–Crippen MR) is 94.5 cm³/mol. The van der Waals surface area contributed by atoms with Crippen LogP contribution in [-0.2, 0) is 0 Å². The number of halogens is 2. The van der Waals surface area contributed by atoms with E-state index in [-0.39, 0.29) is 10.7 Å². The van der Waals surface area contributed by atoms with Crippen LogP contribution in [0.25, 0.3) is 0 Å². The Labute approximate surface area is 143 Å². The largest absolute Gasteiger partial charge is 0.331 e. The van der Waals surface area contributed by atoms with E-state index < -0.39 is 5.91 Å². The molecule has 0 spiro atoms. The van der Waals surface area contributed by atoms with Crippen LogP contribution >= 0.6 is 35.4 Å². The molecule has 0 saturated carbocycles. The smallest absolute Gasteiger partial charge is 0.271 e. The van der Waals surface area contributed by atoms with E-state index in [2.05, 4.69) is 16.2 Å². The molecule has 7 heteroatoms. The first-order valence-corrected chi connectivity index (χ1v) is 7.52. The van der Waals surface area contributed by atoms with Crippen LogP contribution in [0, 0.1) is 6.92 Å². The molecule has 0 aliphatic rings. The van der Waals surface area contributed by atoms with Gasteiger partial charge < -0.3 is 5.32 Å². The van der Waals surface area contributed by atoms with Gasteiger partial charge in [0.2, 0.25) is 0 Å². The van der Waals surface area contributed by atoms with Gasteiger partial charge in [0.1, 0.15) is 0 Å². The van der Waals surface area contributed by atoms with E-state index in [1.54, 1.807) is 12.1 Å². The summed E-state index contributed by atoms with van der Waals surface area (Å²) >= 11 is 16.9. The zero-order chi connectivity index (χ0) is 16.1. The van der Waals surface area contributed by atoms with Crippen molar-refractivity contribution in [1.82, 2.24) is 10.9 Å². The minimum atomic E-state index is -0.429. The molecule has 4 nitrogen and oxygen atoms in total. The molecule has 0 unspecified atom stereocenters. The average molecular weight is 354 g/mol. The summed E-state index contributed by atoms with van der Waals surface area (Å²) in [4.78, 5) is 12.0. The average Bonchev–Trinajstić information content (AvgIpc) is 2.49. The second kappa shape index (κ2) is 7.45. The third kappa shape index (κ3) is 4.34. The lowest BCUT2D eigenvalue weighted by Gasteiger charge is -2.13. The molecule has 0 radical (unpaired) electrons. The number of aryl methyl sites for hydroxylation is 1. The number of thiocarbonyl (C=S) groups is 1. The fourth-order valence-electron chi connectivity index (χ4n) is 1.72. The summed E-state index contributed by atoms with van der Waals surface area (Å²) in [5.74, 6) is -0.429. The first-order valence-electron chi connectivity index (χ1n) is 6.35. The number of hydrogen-bond donors (Lipinski definition) is 3. The molecule has 0 saturated heterocycles. The molecular weight excluding hydrogens is 341 g/mol. The standard InChI is InChI=1S/C15H13Cl2N3OS/c1-9-4-2-3-5-13(9)18-15(22)20-19-14(21)11-8-10(16)6-7-12(11)17/h2-8H,1H3,(H,19,21)(H2,18,20,22). The van der Waals surface area contributed by atoms with E-state index in [0.717, 1.165) is 11.3 Å². The number of rotatable bonds is 2. The zero-order valence-corrected chi connectivity index (χ0v) is 13.9. The minimum Gasteiger partial charge on any atom is -0.331 e. The lowest BCUT2D eigenvalue weighted by atomic mass is 10.2. The Hall–Kier alpha value is -1.82. The molecule has 0 aliphatic carbocycles. The molecule has 0 bridgehead atoms. The van der Waals surface area contributed by atoms with Crippen LogP contribution in [-0.4, -0.2) is 11.0 Å². The molecule has 0 heterocycles. The summed E-state index contributed by atoms with van der Waals surface area (Å²) in [5.41, 5.74) is 7.25. The number of para-hydroxylation sites is 1. The SMILES string of the molecule is Cc1ccccc1NC(=S)NNC(=O)c1cc(Cl)ccc1Cl. The number of hydrogen-bond acceptors (Lipinski definition) is 2. The highest BCUT2D eigenvalue weighted by atomic mass is 35.5. The van der Waals surface area contributed by atoms with Crippen molar-refractivity contribution in [1.29, 1.82) is 0 Å². The number of benzene rings is 2. The monoisotopic (exact) mass is 353 g/mol. The molecule has 1 amide bonds. The van der Waals surface area contributed by atoms with Gasteiger partial charge in [0, 0.05) is 10.7 Å². The number of carbonyl (C=O) groups excluding carboxylic acids is 1. The maximum absolute atomic E-state index is 12.0. The van der Waals surface area contributed by atoms with Crippen molar-refractivity contribution in [2.45, 2.75) is 6.92 Å². The van der Waals surface area contributed by atoms with Crippen molar-refractivity contribution in [2.24, 2.45) is 0 Å². The van der Waals surface area contributed by atoms with E-state index in [9.17, 15) is 4.79 Å². The van der Waals surface area contributed by atoms with Crippen LogP contribution in [0.2, 0.25) is 10.0 Å². The Morgan fingerprint density at radius 3 is 2.55 bits per heavy atom. The third-order valence-corrected chi connectivity index (χ3v) is 3.62. The lowest BCUT2D eigenvalue weighted by Crippen LogP contribution is -2.43. The third-order valence-electron chi connectivity index (χ3n) is 2.86. The topological polar surface area (TPSA) is 53.2 Å². The lowest BCUT2D eigenvalue weighted by molar-refractivity contribution is 0.0944. The maximum atomic E-state index is 12.0. The van der Waals surface area contributed by atoms with E-state index in [1.807, 2.05) is 31.2 Å². The van der Waals surface area contributed by atoms with Gasteiger partial charge in [-0.3, -0.25) is 15.6 Å². The molecule has 2 aromatic carbocycles. The van der Waals surface area contributed by atoms with E-state index >= 15 is 0 Å². The van der Waals surface area contributed by atoms with Crippen molar-refractivity contribution >= 4 is 52.1 Å². The fourth-order valence-corrected chi connectivity index (χ4v) is 2.26. The van der Waals surface area contributed by atoms with Crippen molar-refractivity contribution in [3.63, 3.8) is 0 Å². The Morgan fingerprint density at radius 2 is 1.82 bits per heavy atom. The quantitative estimate of drug-likeness (QED) is 0.565. The van der Waals surface area contributed by atoms with Crippen molar-refractivity contribution in [2.75, 3.05) is 5.32 Å². The minimum absolute atomic E-state index is 0.264. The highest BCUT2D eigenvalue weighted by molar-refractivity contribution is 7.80. The first-order chi connectivity index (χ1) is 10.5. The summed E-state index contributed by atoms with van der Waals surface area (Å²) in [6.07, 6.45) is 0. The summed E-state index contributed by atoms with van der Waals surface area (Å²) in [7, 11) is 0. The molecule has 0 atom stereocenters. The predicted octanol–water partition coefficient (Wildman–Crippen LogP) is 3.93. The Balaban J connectivity index is 1.95. The number of carbonyl (C=O) groups is 1. The molecule has 3 N–H and O–H groups in total. The molecule has 114 valence electrons. The molecule has 22 heavy (non-hydrogen) atoms. The van der Waals surface area contributed by atoms with Gasteiger partial charge in [-0.15, -0.1) is 0 Å². The van der Waals surface area contributed by atoms with Gasteiger partial charge in [0.25, 0.3) is 5.91 Å². The summed E-state index contributed by atoms with van der Waals surface area (Å²) < 4.78 is 0. The molecule has 2 rings (SSSR count). The van der Waals surface area contributed by atoms with Gasteiger partial charge in [-0.05, 0) is 49.0 Å². The molecular formula is C15H13Cl2N3OS. The van der Waals surface area contributed by atoms with E-state index in [0.29, 0.717) is 10.0 Å². The highest BCUT2D eigenvalue weighted by Crippen LogP contribution is 2.20. The van der Waals surface area contributed by atoms with Crippen LogP contribution in [0.1, 0.15) is 15.9 Å². The number of amides is 1. The van der Waals surface area contributed by atoms with Crippen LogP contribution in [0.15, 0.2) is 42.5 Å². The van der Waals surface area contributed by atoms with Gasteiger partial charge in [-0.2, -0.15) is 0 Å². The van der Waals surface area contributed by atoms with Crippen LogP contribution in [0.5, 0.6) is 0 Å². The Bertz CT molecular complexity index is 722.